The smallest absolute Gasteiger partial charge is 0.385 e. The van der Waals surface area contributed by atoms with Gasteiger partial charge in [-0.05, 0) is 18.6 Å². The lowest BCUT2D eigenvalue weighted by Gasteiger charge is -2.14. The summed E-state index contributed by atoms with van der Waals surface area (Å²) in [4.78, 5) is 10.9. The molecule has 0 saturated carbocycles. The molecule has 0 aromatic heterocycles. The van der Waals surface area contributed by atoms with Crippen LogP contribution in [0.3, 0.4) is 0 Å². The maximum atomic E-state index is 12.6. The minimum absolute atomic E-state index is 0.0434. The first-order chi connectivity index (χ1) is 8.45. The Morgan fingerprint density at radius 3 is 2.56 bits per heavy atom. The summed E-state index contributed by atoms with van der Waals surface area (Å²) >= 11 is 0. The van der Waals surface area contributed by atoms with E-state index in [1.807, 2.05) is 0 Å². The first-order valence-corrected chi connectivity index (χ1v) is 5.56. The van der Waals surface area contributed by atoms with Gasteiger partial charge in [0.25, 0.3) is 0 Å². The number of rotatable bonds is 5. The summed E-state index contributed by atoms with van der Waals surface area (Å²) in [5, 5.41) is 5.15. The van der Waals surface area contributed by atoms with E-state index < -0.39 is 11.7 Å². The van der Waals surface area contributed by atoms with Gasteiger partial charge in [-0.15, -0.1) is 0 Å². The fourth-order valence-electron chi connectivity index (χ4n) is 1.48. The molecule has 1 aromatic rings. The largest absolute Gasteiger partial charge is 0.418 e. The van der Waals surface area contributed by atoms with E-state index in [1.165, 1.54) is 25.2 Å². The van der Waals surface area contributed by atoms with Gasteiger partial charge in [-0.1, -0.05) is 12.1 Å². The molecule has 1 amide bonds. The topological polar surface area (TPSA) is 41.1 Å². The fraction of sp³-hybridized carbons (Fsp3) is 0.417. The van der Waals surface area contributed by atoms with Crippen LogP contribution in [0.1, 0.15) is 18.4 Å². The molecule has 6 heteroatoms. The van der Waals surface area contributed by atoms with Crippen LogP contribution in [-0.2, 0) is 11.0 Å². The Morgan fingerprint density at radius 2 is 1.94 bits per heavy atom. The quantitative estimate of drug-likeness (QED) is 0.799. The monoisotopic (exact) mass is 260 g/mol. The van der Waals surface area contributed by atoms with Crippen molar-refractivity contribution in [3.05, 3.63) is 29.8 Å². The summed E-state index contributed by atoms with van der Waals surface area (Å²) in [7, 11) is 1.52. The summed E-state index contributed by atoms with van der Waals surface area (Å²) in [6.07, 6.45) is -3.60. The van der Waals surface area contributed by atoms with E-state index in [2.05, 4.69) is 10.6 Å². The number of anilines is 1. The number of para-hydroxylation sites is 1. The normalized spacial score (nSPS) is 11.1. The molecular formula is C12H15F3N2O. The number of hydrogen-bond acceptors (Lipinski definition) is 2. The molecule has 2 N–H and O–H groups in total. The average Bonchev–Trinajstić information content (AvgIpc) is 2.33. The van der Waals surface area contributed by atoms with Crippen LogP contribution in [0.2, 0.25) is 0 Å². The highest BCUT2D eigenvalue weighted by Gasteiger charge is 2.32. The minimum atomic E-state index is -4.37. The van der Waals surface area contributed by atoms with E-state index >= 15 is 0 Å². The first-order valence-electron chi connectivity index (χ1n) is 5.56. The molecule has 0 radical (unpaired) electrons. The molecule has 1 rings (SSSR count). The molecular weight excluding hydrogens is 245 g/mol. The van der Waals surface area contributed by atoms with Crippen molar-refractivity contribution < 1.29 is 18.0 Å². The molecule has 0 atom stereocenters. The second-order valence-electron chi connectivity index (χ2n) is 3.75. The van der Waals surface area contributed by atoms with Gasteiger partial charge in [0.2, 0.25) is 5.91 Å². The molecule has 1 aromatic carbocycles. The van der Waals surface area contributed by atoms with Gasteiger partial charge in [0.15, 0.2) is 0 Å². The van der Waals surface area contributed by atoms with Gasteiger partial charge in [-0.2, -0.15) is 13.2 Å². The van der Waals surface area contributed by atoms with Gasteiger partial charge < -0.3 is 10.6 Å². The van der Waals surface area contributed by atoms with Crippen molar-refractivity contribution in [2.24, 2.45) is 0 Å². The average molecular weight is 260 g/mol. The van der Waals surface area contributed by atoms with Crippen LogP contribution in [0.4, 0.5) is 18.9 Å². The lowest BCUT2D eigenvalue weighted by atomic mass is 10.1. The zero-order chi connectivity index (χ0) is 13.6. The summed E-state index contributed by atoms with van der Waals surface area (Å²) in [6, 6.07) is 5.29. The summed E-state index contributed by atoms with van der Waals surface area (Å²) in [5.74, 6) is -0.124. The van der Waals surface area contributed by atoms with Crippen LogP contribution in [0.25, 0.3) is 0 Å². The summed E-state index contributed by atoms with van der Waals surface area (Å²) < 4.78 is 37.9. The number of benzene rings is 1. The van der Waals surface area contributed by atoms with Gasteiger partial charge in [0.05, 0.1) is 5.56 Å². The van der Waals surface area contributed by atoms with Gasteiger partial charge >= 0.3 is 6.18 Å². The number of carbonyl (C=O) groups excluding carboxylic acids is 1. The second kappa shape index (κ2) is 6.28. The molecule has 0 aliphatic heterocycles. The SMILES string of the molecule is CNC(=O)CCCNc1ccccc1C(F)(F)F. The van der Waals surface area contributed by atoms with Crippen molar-refractivity contribution in [3.63, 3.8) is 0 Å². The van der Waals surface area contributed by atoms with E-state index in [1.54, 1.807) is 0 Å². The van der Waals surface area contributed by atoms with Gasteiger partial charge in [-0.3, -0.25) is 4.79 Å². The Morgan fingerprint density at radius 1 is 1.28 bits per heavy atom. The second-order valence-corrected chi connectivity index (χ2v) is 3.75. The highest BCUT2D eigenvalue weighted by atomic mass is 19.4. The number of halogens is 3. The van der Waals surface area contributed by atoms with Crippen molar-refractivity contribution in [1.82, 2.24) is 5.32 Å². The molecule has 0 saturated heterocycles. The van der Waals surface area contributed by atoms with Crippen LogP contribution >= 0.6 is 0 Å². The molecule has 0 unspecified atom stereocenters. The fourth-order valence-corrected chi connectivity index (χ4v) is 1.48. The predicted octanol–water partition coefficient (Wildman–Crippen LogP) is 2.64. The van der Waals surface area contributed by atoms with Crippen LogP contribution < -0.4 is 10.6 Å². The molecule has 3 nitrogen and oxygen atoms in total. The lowest BCUT2D eigenvalue weighted by Crippen LogP contribution is -2.18. The van der Waals surface area contributed by atoms with Crippen LogP contribution in [0.15, 0.2) is 24.3 Å². The van der Waals surface area contributed by atoms with Crippen molar-refractivity contribution >= 4 is 11.6 Å². The number of alkyl halides is 3. The van der Waals surface area contributed by atoms with Gasteiger partial charge in [-0.25, -0.2) is 0 Å². The van der Waals surface area contributed by atoms with E-state index in [-0.39, 0.29) is 18.0 Å². The van der Waals surface area contributed by atoms with E-state index in [0.717, 1.165) is 6.07 Å². The number of amides is 1. The molecule has 0 fully saturated rings. The maximum Gasteiger partial charge on any atom is 0.418 e. The molecule has 0 bridgehead atoms. The summed E-state index contributed by atoms with van der Waals surface area (Å²) in [6.45, 7) is 0.320. The van der Waals surface area contributed by atoms with Crippen LogP contribution in [0, 0.1) is 0 Å². The number of hydrogen-bond donors (Lipinski definition) is 2. The molecule has 18 heavy (non-hydrogen) atoms. The van der Waals surface area contributed by atoms with Crippen molar-refractivity contribution in [2.45, 2.75) is 19.0 Å². The van der Waals surface area contributed by atoms with E-state index in [0.29, 0.717) is 13.0 Å². The van der Waals surface area contributed by atoms with Crippen LogP contribution in [-0.4, -0.2) is 19.5 Å². The molecule has 0 spiro atoms. The van der Waals surface area contributed by atoms with Gasteiger partial charge in [0, 0.05) is 25.7 Å². The third-order valence-electron chi connectivity index (χ3n) is 2.41. The number of nitrogens with one attached hydrogen (secondary N) is 2. The zero-order valence-corrected chi connectivity index (χ0v) is 9.97. The van der Waals surface area contributed by atoms with Gasteiger partial charge in [0.1, 0.15) is 0 Å². The predicted molar refractivity (Wildman–Crippen MR) is 63.2 cm³/mol. The standard InChI is InChI=1S/C12H15F3N2O/c1-16-11(18)7-4-8-17-10-6-3-2-5-9(10)12(13,14)15/h2-3,5-6,17H,4,7-8H2,1H3,(H,16,18). The van der Waals surface area contributed by atoms with Crippen molar-refractivity contribution in [1.29, 1.82) is 0 Å². The van der Waals surface area contributed by atoms with Crippen molar-refractivity contribution in [2.75, 3.05) is 18.9 Å². The lowest BCUT2D eigenvalue weighted by molar-refractivity contribution is -0.137. The Kier molecular flexibility index (Phi) is 5.00. The molecule has 0 aliphatic rings. The minimum Gasteiger partial charge on any atom is -0.385 e. The Labute approximate surface area is 103 Å². The zero-order valence-electron chi connectivity index (χ0n) is 9.97. The van der Waals surface area contributed by atoms with Crippen molar-refractivity contribution in [3.8, 4) is 0 Å². The third kappa shape index (κ3) is 4.27. The summed E-state index contributed by atoms with van der Waals surface area (Å²) in [5.41, 5.74) is -0.646. The van der Waals surface area contributed by atoms with E-state index in [4.69, 9.17) is 0 Å². The Bertz CT molecular complexity index is 405. The molecule has 0 aliphatic carbocycles. The van der Waals surface area contributed by atoms with E-state index in [9.17, 15) is 18.0 Å². The highest BCUT2D eigenvalue weighted by molar-refractivity contribution is 5.75. The maximum absolute atomic E-state index is 12.6. The number of carbonyl (C=O) groups is 1. The Balaban J connectivity index is 2.55. The van der Waals surface area contributed by atoms with Crippen LogP contribution in [0.5, 0.6) is 0 Å². The first kappa shape index (κ1) is 14.3. The molecule has 0 heterocycles. The highest BCUT2D eigenvalue weighted by Crippen LogP contribution is 2.34. The molecule has 100 valence electrons. The third-order valence-corrected chi connectivity index (χ3v) is 2.41. The Hall–Kier alpha value is -1.72.